The first kappa shape index (κ1) is 19.2. The summed E-state index contributed by atoms with van der Waals surface area (Å²) in [7, 11) is 3.09. The van der Waals surface area contributed by atoms with E-state index < -0.39 is 11.6 Å². The zero-order valence-corrected chi connectivity index (χ0v) is 16.2. The van der Waals surface area contributed by atoms with Gasteiger partial charge in [0.25, 0.3) is 5.91 Å². The summed E-state index contributed by atoms with van der Waals surface area (Å²) < 4.78 is 10.6. The Bertz CT molecular complexity index is 978. The van der Waals surface area contributed by atoms with E-state index >= 15 is 0 Å². The summed E-state index contributed by atoms with van der Waals surface area (Å²) in [6.45, 7) is 3.66. The molecule has 1 atom stereocenters. The third-order valence-electron chi connectivity index (χ3n) is 5.04. The van der Waals surface area contributed by atoms with Crippen LogP contribution in [0.1, 0.15) is 29.2 Å². The Hall–Kier alpha value is -3.53. The van der Waals surface area contributed by atoms with Crippen molar-refractivity contribution in [2.24, 2.45) is 0 Å². The molecule has 1 aliphatic heterocycles. The molecule has 0 aliphatic carbocycles. The van der Waals surface area contributed by atoms with Gasteiger partial charge in [0.15, 0.2) is 11.5 Å². The third-order valence-corrected chi connectivity index (χ3v) is 5.04. The van der Waals surface area contributed by atoms with E-state index in [2.05, 4.69) is 5.32 Å². The molecule has 1 heterocycles. The van der Waals surface area contributed by atoms with Gasteiger partial charge >= 0.3 is 6.03 Å². The Balaban J connectivity index is 1.91. The highest BCUT2D eigenvalue weighted by Crippen LogP contribution is 2.33. The highest BCUT2D eigenvalue weighted by Gasteiger charge is 2.49. The Morgan fingerprint density at radius 2 is 1.71 bits per heavy atom. The fraction of sp³-hybridized carbons (Fsp3) is 0.286. The van der Waals surface area contributed by atoms with Gasteiger partial charge in [-0.3, -0.25) is 9.69 Å². The van der Waals surface area contributed by atoms with Crippen LogP contribution in [0.15, 0.2) is 36.4 Å². The standard InChI is InChI=1S/C21H21N3O4/c1-13-9-17(27-3)18(28-4)10-15(13)12-24-19(25)21(2,23-20(24)26)16-7-5-14(11-22)6-8-16/h5-10H,12H2,1-4H3,(H,23,26)/t21-/m0/s1. The first-order valence-corrected chi connectivity index (χ1v) is 8.70. The van der Waals surface area contributed by atoms with Crippen LogP contribution in [-0.2, 0) is 16.9 Å². The summed E-state index contributed by atoms with van der Waals surface area (Å²) in [4.78, 5) is 26.9. The van der Waals surface area contributed by atoms with E-state index in [1.165, 1.54) is 12.0 Å². The normalized spacial score (nSPS) is 18.6. The van der Waals surface area contributed by atoms with Gasteiger partial charge in [-0.2, -0.15) is 5.26 Å². The number of carbonyl (C=O) groups excluding carboxylic acids is 2. The molecule has 0 aromatic heterocycles. The predicted molar refractivity (Wildman–Crippen MR) is 102 cm³/mol. The van der Waals surface area contributed by atoms with Crippen LogP contribution in [0.4, 0.5) is 4.79 Å². The van der Waals surface area contributed by atoms with Crippen LogP contribution in [0.5, 0.6) is 11.5 Å². The van der Waals surface area contributed by atoms with Crippen LogP contribution in [0.2, 0.25) is 0 Å². The van der Waals surface area contributed by atoms with Gasteiger partial charge in [-0.05, 0) is 54.8 Å². The van der Waals surface area contributed by atoms with Gasteiger partial charge in [0, 0.05) is 0 Å². The number of carbonyl (C=O) groups is 2. The van der Waals surface area contributed by atoms with Crippen molar-refractivity contribution in [2.75, 3.05) is 14.2 Å². The van der Waals surface area contributed by atoms with Gasteiger partial charge in [0.2, 0.25) is 0 Å². The molecular weight excluding hydrogens is 358 g/mol. The molecule has 0 radical (unpaired) electrons. The van der Waals surface area contributed by atoms with E-state index in [0.29, 0.717) is 22.6 Å². The maximum atomic E-state index is 13.1. The molecule has 0 bridgehead atoms. The molecule has 7 heteroatoms. The summed E-state index contributed by atoms with van der Waals surface area (Å²) in [5.41, 5.74) is 1.59. The van der Waals surface area contributed by atoms with Crippen molar-refractivity contribution in [3.63, 3.8) is 0 Å². The number of imide groups is 1. The Morgan fingerprint density at radius 3 is 2.29 bits per heavy atom. The number of urea groups is 1. The van der Waals surface area contributed by atoms with Crippen molar-refractivity contribution in [1.29, 1.82) is 5.26 Å². The lowest BCUT2D eigenvalue weighted by Gasteiger charge is -2.22. The number of hydrogen-bond donors (Lipinski definition) is 1. The summed E-state index contributed by atoms with van der Waals surface area (Å²) in [5.74, 6) is 0.768. The predicted octanol–water partition coefficient (Wildman–Crippen LogP) is 2.85. The van der Waals surface area contributed by atoms with E-state index in [9.17, 15) is 9.59 Å². The van der Waals surface area contributed by atoms with Crippen molar-refractivity contribution in [1.82, 2.24) is 10.2 Å². The molecule has 2 aromatic carbocycles. The molecular formula is C21H21N3O4. The van der Waals surface area contributed by atoms with E-state index in [1.807, 2.05) is 19.1 Å². The lowest BCUT2D eigenvalue weighted by molar-refractivity contribution is -0.131. The van der Waals surface area contributed by atoms with Crippen molar-refractivity contribution >= 4 is 11.9 Å². The van der Waals surface area contributed by atoms with E-state index in [-0.39, 0.29) is 12.5 Å². The van der Waals surface area contributed by atoms with Gasteiger partial charge in [-0.15, -0.1) is 0 Å². The van der Waals surface area contributed by atoms with Crippen molar-refractivity contribution in [3.05, 3.63) is 58.7 Å². The van der Waals surface area contributed by atoms with Crippen LogP contribution < -0.4 is 14.8 Å². The number of nitriles is 1. The molecule has 3 amide bonds. The zero-order valence-electron chi connectivity index (χ0n) is 16.2. The monoisotopic (exact) mass is 379 g/mol. The summed E-state index contributed by atoms with van der Waals surface area (Å²) in [6, 6.07) is 11.8. The fourth-order valence-corrected chi connectivity index (χ4v) is 3.28. The van der Waals surface area contributed by atoms with Crippen LogP contribution >= 0.6 is 0 Å². The lowest BCUT2D eigenvalue weighted by atomic mass is 9.91. The van der Waals surface area contributed by atoms with Gasteiger partial charge in [-0.25, -0.2) is 4.79 Å². The molecule has 0 spiro atoms. The number of benzene rings is 2. The largest absolute Gasteiger partial charge is 0.493 e. The van der Waals surface area contributed by atoms with Crippen molar-refractivity contribution in [3.8, 4) is 17.6 Å². The lowest BCUT2D eigenvalue weighted by Crippen LogP contribution is -2.40. The Morgan fingerprint density at radius 1 is 1.11 bits per heavy atom. The molecule has 2 aromatic rings. The number of hydrogen-bond acceptors (Lipinski definition) is 5. The molecule has 3 rings (SSSR count). The van der Waals surface area contributed by atoms with Gasteiger partial charge < -0.3 is 14.8 Å². The van der Waals surface area contributed by atoms with Crippen LogP contribution in [0.3, 0.4) is 0 Å². The molecule has 1 fully saturated rings. The molecule has 0 saturated carbocycles. The minimum Gasteiger partial charge on any atom is -0.493 e. The van der Waals surface area contributed by atoms with Gasteiger partial charge in [0.1, 0.15) is 5.54 Å². The number of nitrogens with zero attached hydrogens (tertiary/aromatic N) is 2. The Kier molecular flexibility index (Phi) is 4.97. The van der Waals surface area contributed by atoms with Gasteiger partial charge in [-0.1, -0.05) is 12.1 Å². The number of rotatable bonds is 5. The topological polar surface area (TPSA) is 91.7 Å². The van der Waals surface area contributed by atoms with E-state index in [4.69, 9.17) is 14.7 Å². The van der Waals surface area contributed by atoms with Crippen LogP contribution in [-0.4, -0.2) is 31.1 Å². The van der Waals surface area contributed by atoms with Crippen LogP contribution in [0.25, 0.3) is 0 Å². The van der Waals surface area contributed by atoms with Gasteiger partial charge in [0.05, 0.1) is 32.4 Å². The number of nitrogens with one attached hydrogen (secondary N) is 1. The average molecular weight is 379 g/mol. The first-order valence-electron chi connectivity index (χ1n) is 8.70. The fourth-order valence-electron chi connectivity index (χ4n) is 3.28. The highest BCUT2D eigenvalue weighted by molar-refractivity contribution is 6.07. The number of aryl methyl sites for hydroxylation is 1. The van der Waals surface area contributed by atoms with E-state index in [0.717, 1.165) is 11.1 Å². The molecule has 7 nitrogen and oxygen atoms in total. The minimum atomic E-state index is -1.18. The Labute approximate surface area is 163 Å². The van der Waals surface area contributed by atoms with Crippen LogP contribution in [0, 0.1) is 18.3 Å². The summed E-state index contributed by atoms with van der Waals surface area (Å²) >= 11 is 0. The second-order valence-electron chi connectivity index (χ2n) is 6.77. The smallest absolute Gasteiger partial charge is 0.325 e. The highest BCUT2D eigenvalue weighted by atomic mass is 16.5. The van der Waals surface area contributed by atoms with E-state index in [1.54, 1.807) is 44.4 Å². The number of methoxy groups -OCH3 is 2. The molecule has 1 aliphatic rings. The molecule has 0 unspecified atom stereocenters. The summed E-state index contributed by atoms with van der Waals surface area (Å²) in [6.07, 6.45) is 0. The number of amides is 3. The zero-order chi connectivity index (χ0) is 20.5. The molecule has 1 saturated heterocycles. The van der Waals surface area contributed by atoms with Crippen molar-refractivity contribution < 1.29 is 19.1 Å². The molecule has 1 N–H and O–H groups in total. The first-order chi connectivity index (χ1) is 13.3. The second-order valence-corrected chi connectivity index (χ2v) is 6.77. The quantitative estimate of drug-likeness (QED) is 0.807. The number of ether oxygens (including phenoxy) is 2. The maximum Gasteiger partial charge on any atom is 0.325 e. The summed E-state index contributed by atoms with van der Waals surface area (Å²) in [5, 5.41) is 11.7. The second kappa shape index (κ2) is 7.24. The molecule has 28 heavy (non-hydrogen) atoms. The SMILES string of the molecule is COc1cc(C)c(CN2C(=O)N[C@@](C)(c3ccc(C#N)cc3)C2=O)cc1OC. The average Bonchev–Trinajstić information content (AvgIpc) is 2.92. The third kappa shape index (κ3) is 3.14. The molecule has 144 valence electrons. The minimum absolute atomic E-state index is 0.114. The maximum absolute atomic E-state index is 13.1. The van der Waals surface area contributed by atoms with Crippen molar-refractivity contribution in [2.45, 2.75) is 25.9 Å².